The van der Waals surface area contributed by atoms with Gasteiger partial charge in [-0.3, -0.25) is 4.79 Å². The van der Waals surface area contributed by atoms with Gasteiger partial charge in [0.15, 0.2) is 0 Å². The van der Waals surface area contributed by atoms with E-state index in [2.05, 4.69) is 5.32 Å². The number of unbranched alkanes of at least 4 members (excludes halogenated alkanes) is 1. The SMILES string of the molecule is CCCCC(=O)Nc1ccc(OC)c(S(=O)(=O)Cl)c1. The summed E-state index contributed by atoms with van der Waals surface area (Å²) in [6, 6.07) is 4.30. The van der Waals surface area contributed by atoms with Crippen LogP contribution in [0.1, 0.15) is 26.2 Å². The van der Waals surface area contributed by atoms with Crippen LogP contribution in [0.5, 0.6) is 5.75 Å². The van der Waals surface area contributed by atoms with Crippen molar-refractivity contribution >= 4 is 31.3 Å². The number of methoxy groups -OCH3 is 1. The zero-order chi connectivity index (χ0) is 14.5. The van der Waals surface area contributed by atoms with E-state index in [0.29, 0.717) is 12.1 Å². The molecular weight excluding hydrogens is 290 g/mol. The highest BCUT2D eigenvalue weighted by atomic mass is 35.7. The molecule has 0 aliphatic rings. The van der Waals surface area contributed by atoms with Crippen LogP contribution < -0.4 is 10.1 Å². The van der Waals surface area contributed by atoms with Crippen molar-refractivity contribution in [2.45, 2.75) is 31.1 Å². The minimum absolute atomic E-state index is 0.140. The standard InChI is InChI=1S/C12H16ClNO4S/c1-3-4-5-12(15)14-9-6-7-10(18-2)11(8-9)19(13,16)17/h6-8H,3-5H2,1-2H3,(H,14,15). The van der Waals surface area contributed by atoms with Gasteiger partial charge in [-0.25, -0.2) is 8.42 Å². The molecule has 0 bridgehead atoms. The molecule has 1 rings (SSSR count). The Kier molecular flexibility index (Phi) is 5.62. The Morgan fingerprint density at radius 3 is 2.63 bits per heavy atom. The Balaban J connectivity index is 2.96. The van der Waals surface area contributed by atoms with Gasteiger partial charge in [0.05, 0.1) is 7.11 Å². The first-order valence-electron chi connectivity index (χ1n) is 5.81. The summed E-state index contributed by atoms with van der Waals surface area (Å²) in [5, 5.41) is 2.62. The molecule has 106 valence electrons. The van der Waals surface area contributed by atoms with Crippen molar-refractivity contribution < 1.29 is 17.9 Å². The molecule has 1 amide bonds. The fourth-order valence-electron chi connectivity index (χ4n) is 1.51. The first-order valence-corrected chi connectivity index (χ1v) is 8.12. The first-order chi connectivity index (χ1) is 8.88. The van der Waals surface area contributed by atoms with Crippen molar-refractivity contribution in [3.8, 4) is 5.75 Å². The molecule has 0 fully saturated rings. The first kappa shape index (κ1) is 15.8. The van der Waals surface area contributed by atoms with E-state index in [9.17, 15) is 13.2 Å². The summed E-state index contributed by atoms with van der Waals surface area (Å²) in [5.74, 6) is -0.0218. The van der Waals surface area contributed by atoms with Crippen LogP contribution >= 0.6 is 10.7 Å². The summed E-state index contributed by atoms with van der Waals surface area (Å²) in [6.07, 6.45) is 2.09. The summed E-state index contributed by atoms with van der Waals surface area (Å²) in [6.45, 7) is 1.98. The highest BCUT2D eigenvalue weighted by Gasteiger charge is 2.17. The Labute approximate surface area is 117 Å². The lowest BCUT2D eigenvalue weighted by Gasteiger charge is -2.09. The number of hydrogen-bond donors (Lipinski definition) is 1. The van der Waals surface area contributed by atoms with Crippen LogP contribution in [0, 0.1) is 0 Å². The Morgan fingerprint density at radius 2 is 2.11 bits per heavy atom. The molecule has 1 N–H and O–H groups in total. The topological polar surface area (TPSA) is 72.5 Å². The van der Waals surface area contributed by atoms with Gasteiger partial charge in [0, 0.05) is 22.8 Å². The van der Waals surface area contributed by atoms with Gasteiger partial charge >= 0.3 is 0 Å². The number of carbonyl (C=O) groups is 1. The second-order valence-corrected chi connectivity index (χ2v) is 6.49. The van der Waals surface area contributed by atoms with Crippen LogP contribution in [0.3, 0.4) is 0 Å². The molecular formula is C12H16ClNO4S. The number of hydrogen-bond acceptors (Lipinski definition) is 4. The molecule has 19 heavy (non-hydrogen) atoms. The van der Waals surface area contributed by atoms with Crippen LogP contribution in [-0.2, 0) is 13.8 Å². The monoisotopic (exact) mass is 305 g/mol. The average molecular weight is 306 g/mol. The van der Waals surface area contributed by atoms with Crippen molar-refractivity contribution in [2.75, 3.05) is 12.4 Å². The maximum atomic E-state index is 11.6. The molecule has 7 heteroatoms. The number of carbonyl (C=O) groups excluding carboxylic acids is 1. The van der Waals surface area contributed by atoms with Crippen molar-refractivity contribution in [1.82, 2.24) is 0 Å². The third-order valence-corrected chi connectivity index (χ3v) is 3.81. The molecule has 0 aliphatic carbocycles. The number of rotatable bonds is 6. The lowest BCUT2D eigenvalue weighted by atomic mass is 10.2. The van der Waals surface area contributed by atoms with Crippen molar-refractivity contribution in [3.63, 3.8) is 0 Å². The van der Waals surface area contributed by atoms with Gasteiger partial charge in [0.1, 0.15) is 10.6 Å². The number of benzene rings is 1. The van der Waals surface area contributed by atoms with E-state index in [1.54, 1.807) is 6.07 Å². The van der Waals surface area contributed by atoms with Gasteiger partial charge in [-0.15, -0.1) is 0 Å². The fraction of sp³-hybridized carbons (Fsp3) is 0.417. The maximum absolute atomic E-state index is 11.6. The molecule has 1 aromatic carbocycles. The van der Waals surface area contributed by atoms with Gasteiger partial charge < -0.3 is 10.1 Å². The molecule has 1 aromatic rings. The highest BCUT2D eigenvalue weighted by Crippen LogP contribution is 2.29. The Bertz CT molecular complexity index is 557. The molecule has 0 heterocycles. The fourth-order valence-corrected chi connectivity index (χ4v) is 2.53. The predicted octanol–water partition coefficient (Wildman–Crippen LogP) is 2.75. The summed E-state index contributed by atoms with van der Waals surface area (Å²) < 4.78 is 27.7. The summed E-state index contributed by atoms with van der Waals surface area (Å²) >= 11 is 0. The van der Waals surface area contributed by atoms with Crippen molar-refractivity contribution in [1.29, 1.82) is 0 Å². The van der Waals surface area contributed by atoms with Gasteiger partial charge in [0.2, 0.25) is 5.91 Å². The van der Waals surface area contributed by atoms with E-state index >= 15 is 0 Å². The second-order valence-electron chi connectivity index (χ2n) is 3.96. The summed E-state index contributed by atoms with van der Waals surface area (Å²) in [7, 11) is 2.74. The van der Waals surface area contributed by atoms with Gasteiger partial charge in [-0.2, -0.15) is 0 Å². The van der Waals surface area contributed by atoms with Gasteiger partial charge in [0.25, 0.3) is 9.05 Å². The highest BCUT2D eigenvalue weighted by molar-refractivity contribution is 8.13. The number of halogens is 1. The molecule has 0 spiro atoms. The van der Waals surface area contributed by atoms with E-state index in [-0.39, 0.29) is 16.6 Å². The van der Waals surface area contributed by atoms with E-state index in [1.807, 2.05) is 6.92 Å². The van der Waals surface area contributed by atoms with E-state index < -0.39 is 9.05 Å². The zero-order valence-corrected chi connectivity index (χ0v) is 12.3. The minimum atomic E-state index is -3.92. The smallest absolute Gasteiger partial charge is 0.265 e. The number of amides is 1. The molecule has 0 saturated carbocycles. The third kappa shape index (κ3) is 4.72. The molecule has 0 aliphatic heterocycles. The van der Waals surface area contributed by atoms with Gasteiger partial charge in [-0.05, 0) is 24.6 Å². The van der Waals surface area contributed by atoms with Crippen LogP contribution in [0.2, 0.25) is 0 Å². The summed E-state index contributed by atoms with van der Waals surface area (Å²) in [5.41, 5.74) is 0.376. The largest absolute Gasteiger partial charge is 0.495 e. The lowest BCUT2D eigenvalue weighted by Crippen LogP contribution is -2.11. The quantitative estimate of drug-likeness (QED) is 0.820. The Hall–Kier alpha value is -1.27. The second kappa shape index (κ2) is 6.77. The predicted molar refractivity (Wildman–Crippen MR) is 74.2 cm³/mol. The molecule has 0 unspecified atom stereocenters. The third-order valence-electron chi connectivity index (χ3n) is 2.47. The van der Waals surface area contributed by atoms with E-state index in [4.69, 9.17) is 15.4 Å². The van der Waals surface area contributed by atoms with Crippen molar-refractivity contribution in [2.24, 2.45) is 0 Å². The lowest BCUT2D eigenvalue weighted by molar-refractivity contribution is -0.116. The average Bonchev–Trinajstić information content (AvgIpc) is 2.35. The van der Waals surface area contributed by atoms with Gasteiger partial charge in [-0.1, -0.05) is 13.3 Å². The normalized spacial score (nSPS) is 11.1. The molecule has 0 radical (unpaired) electrons. The number of ether oxygens (including phenoxy) is 1. The van der Waals surface area contributed by atoms with Crippen LogP contribution in [0.4, 0.5) is 5.69 Å². The summed E-state index contributed by atoms with van der Waals surface area (Å²) in [4.78, 5) is 11.4. The van der Waals surface area contributed by atoms with Crippen molar-refractivity contribution in [3.05, 3.63) is 18.2 Å². The maximum Gasteiger partial charge on any atom is 0.265 e. The van der Waals surface area contributed by atoms with Crippen LogP contribution in [-0.4, -0.2) is 21.4 Å². The zero-order valence-electron chi connectivity index (χ0n) is 10.8. The Morgan fingerprint density at radius 1 is 1.42 bits per heavy atom. The number of anilines is 1. The number of nitrogens with one attached hydrogen (secondary N) is 1. The molecule has 0 aromatic heterocycles. The van der Waals surface area contributed by atoms with Crippen LogP contribution in [0.25, 0.3) is 0 Å². The molecule has 5 nitrogen and oxygen atoms in total. The van der Waals surface area contributed by atoms with E-state index in [1.165, 1.54) is 19.2 Å². The van der Waals surface area contributed by atoms with E-state index in [0.717, 1.165) is 12.8 Å². The minimum Gasteiger partial charge on any atom is -0.495 e. The van der Waals surface area contributed by atoms with Crippen LogP contribution in [0.15, 0.2) is 23.1 Å². The molecule has 0 atom stereocenters. The molecule has 0 saturated heterocycles.